The van der Waals surface area contributed by atoms with Crippen LogP contribution in [0.4, 0.5) is 0 Å². The van der Waals surface area contributed by atoms with Gasteiger partial charge in [0.25, 0.3) is 11.8 Å². The van der Waals surface area contributed by atoms with Crippen molar-refractivity contribution in [2.45, 2.75) is 0 Å². The molecule has 7 heteroatoms. The average molecular weight is 480 g/mol. The Labute approximate surface area is 189 Å². The molecule has 3 aromatic rings. The number of hydrogen-bond donors (Lipinski definition) is 1. The van der Waals surface area contributed by atoms with Gasteiger partial charge in [-0.25, -0.2) is 0 Å². The summed E-state index contributed by atoms with van der Waals surface area (Å²) in [6.45, 7) is 1.76. The van der Waals surface area contributed by atoms with Crippen LogP contribution in [-0.4, -0.2) is 60.2 Å². The summed E-state index contributed by atoms with van der Waals surface area (Å²) in [4.78, 5) is 41.3. The molecule has 1 heterocycles. The molecule has 0 aliphatic carbocycles. The van der Waals surface area contributed by atoms with Crippen molar-refractivity contribution in [3.63, 3.8) is 0 Å². The maximum absolute atomic E-state index is 13.1. The average Bonchev–Trinajstić information content (AvgIpc) is 2.81. The zero-order valence-corrected chi connectivity index (χ0v) is 18.5. The van der Waals surface area contributed by atoms with Gasteiger partial charge in [-0.15, -0.1) is 0 Å². The molecule has 1 aliphatic rings. The van der Waals surface area contributed by atoms with Crippen molar-refractivity contribution < 1.29 is 14.4 Å². The Morgan fingerprint density at radius 3 is 2.29 bits per heavy atom. The SMILES string of the molecule is O=C(NCC(=O)N1CCN(C(=O)c2cccc3ccccc23)CC1)c1cccc(Br)c1. The van der Waals surface area contributed by atoms with Crippen molar-refractivity contribution in [1.82, 2.24) is 15.1 Å². The predicted molar refractivity (Wildman–Crippen MR) is 123 cm³/mol. The second-order valence-electron chi connectivity index (χ2n) is 7.39. The first kappa shape index (κ1) is 21.1. The van der Waals surface area contributed by atoms with Crippen LogP contribution >= 0.6 is 15.9 Å². The molecule has 0 saturated carbocycles. The van der Waals surface area contributed by atoms with Crippen LogP contribution in [0.25, 0.3) is 10.8 Å². The quantitative estimate of drug-likeness (QED) is 0.623. The molecule has 6 nitrogen and oxygen atoms in total. The van der Waals surface area contributed by atoms with Gasteiger partial charge in [-0.2, -0.15) is 0 Å². The van der Waals surface area contributed by atoms with Crippen LogP contribution in [0.1, 0.15) is 20.7 Å². The highest BCUT2D eigenvalue weighted by atomic mass is 79.9. The summed E-state index contributed by atoms with van der Waals surface area (Å²) >= 11 is 3.33. The first-order valence-corrected chi connectivity index (χ1v) is 10.9. The molecule has 4 rings (SSSR count). The molecule has 0 unspecified atom stereocenters. The summed E-state index contributed by atoms with van der Waals surface area (Å²) in [6.07, 6.45) is 0. The smallest absolute Gasteiger partial charge is 0.254 e. The number of fused-ring (bicyclic) bond motifs is 1. The maximum atomic E-state index is 13.1. The van der Waals surface area contributed by atoms with E-state index in [1.807, 2.05) is 48.5 Å². The van der Waals surface area contributed by atoms with Gasteiger partial charge >= 0.3 is 0 Å². The van der Waals surface area contributed by atoms with Crippen molar-refractivity contribution >= 4 is 44.4 Å². The zero-order chi connectivity index (χ0) is 21.8. The number of amides is 3. The zero-order valence-electron chi connectivity index (χ0n) is 16.9. The van der Waals surface area contributed by atoms with Crippen LogP contribution in [0, 0.1) is 0 Å². The van der Waals surface area contributed by atoms with E-state index in [4.69, 9.17) is 0 Å². The molecule has 3 aromatic carbocycles. The minimum atomic E-state index is -0.292. The molecule has 158 valence electrons. The lowest BCUT2D eigenvalue weighted by Crippen LogP contribution is -2.52. The molecule has 0 atom stereocenters. The Morgan fingerprint density at radius 2 is 1.52 bits per heavy atom. The van der Waals surface area contributed by atoms with E-state index in [1.54, 1.807) is 28.0 Å². The van der Waals surface area contributed by atoms with Gasteiger partial charge in [-0.05, 0) is 35.0 Å². The number of benzene rings is 3. The number of piperazine rings is 1. The Hall–Kier alpha value is -3.19. The second kappa shape index (κ2) is 9.31. The van der Waals surface area contributed by atoms with Gasteiger partial charge in [0.15, 0.2) is 0 Å². The molecule has 0 bridgehead atoms. The minimum Gasteiger partial charge on any atom is -0.343 e. The predicted octanol–water partition coefficient (Wildman–Crippen LogP) is 3.32. The van der Waals surface area contributed by atoms with Gasteiger partial charge in [0, 0.05) is 41.8 Å². The largest absolute Gasteiger partial charge is 0.343 e. The van der Waals surface area contributed by atoms with Crippen molar-refractivity contribution in [3.8, 4) is 0 Å². The van der Waals surface area contributed by atoms with Crippen LogP contribution in [0.15, 0.2) is 71.2 Å². The summed E-state index contributed by atoms with van der Waals surface area (Å²) in [6, 6.07) is 20.6. The highest BCUT2D eigenvalue weighted by Crippen LogP contribution is 2.20. The third kappa shape index (κ3) is 4.77. The van der Waals surface area contributed by atoms with E-state index >= 15 is 0 Å². The Bertz CT molecular complexity index is 1130. The maximum Gasteiger partial charge on any atom is 0.254 e. The Morgan fingerprint density at radius 1 is 0.839 bits per heavy atom. The van der Waals surface area contributed by atoms with Gasteiger partial charge in [0.1, 0.15) is 0 Å². The molecule has 1 N–H and O–H groups in total. The van der Waals surface area contributed by atoms with Crippen LogP contribution in [0.3, 0.4) is 0 Å². The topological polar surface area (TPSA) is 69.7 Å². The van der Waals surface area contributed by atoms with Gasteiger partial charge in [0.05, 0.1) is 6.54 Å². The lowest BCUT2D eigenvalue weighted by Gasteiger charge is -2.35. The number of halogens is 1. The van der Waals surface area contributed by atoms with Gasteiger partial charge < -0.3 is 15.1 Å². The third-order valence-electron chi connectivity index (χ3n) is 5.43. The van der Waals surface area contributed by atoms with Crippen molar-refractivity contribution in [2.75, 3.05) is 32.7 Å². The molecule has 0 radical (unpaired) electrons. The van der Waals surface area contributed by atoms with Crippen molar-refractivity contribution in [1.29, 1.82) is 0 Å². The molecule has 1 aliphatic heterocycles. The van der Waals surface area contributed by atoms with Gasteiger partial charge in [-0.1, -0.05) is 58.4 Å². The number of hydrogen-bond acceptors (Lipinski definition) is 3. The summed E-state index contributed by atoms with van der Waals surface area (Å²) in [5, 5.41) is 4.64. The highest BCUT2D eigenvalue weighted by molar-refractivity contribution is 9.10. The molecule has 1 fully saturated rings. The molecular formula is C24H22BrN3O3. The lowest BCUT2D eigenvalue weighted by molar-refractivity contribution is -0.131. The summed E-state index contributed by atoms with van der Waals surface area (Å²) in [5.74, 6) is -0.466. The van der Waals surface area contributed by atoms with E-state index in [0.717, 1.165) is 15.2 Å². The molecule has 3 amide bonds. The third-order valence-corrected chi connectivity index (χ3v) is 5.92. The standard InChI is InChI=1S/C24H22BrN3O3/c25-19-8-3-7-18(15-19)23(30)26-16-22(29)27-11-13-28(14-12-27)24(31)21-10-4-6-17-5-1-2-9-20(17)21/h1-10,15H,11-14,16H2,(H,26,30). The first-order valence-electron chi connectivity index (χ1n) is 10.1. The van der Waals surface area contributed by atoms with Crippen LogP contribution in [0.2, 0.25) is 0 Å². The molecule has 31 heavy (non-hydrogen) atoms. The van der Waals surface area contributed by atoms with E-state index in [2.05, 4.69) is 21.2 Å². The van der Waals surface area contributed by atoms with Crippen LogP contribution in [-0.2, 0) is 4.79 Å². The van der Waals surface area contributed by atoms with E-state index < -0.39 is 0 Å². The number of nitrogens with zero attached hydrogens (tertiary/aromatic N) is 2. The lowest BCUT2D eigenvalue weighted by atomic mass is 10.0. The van der Waals surface area contributed by atoms with Crippen LogP contribution in [0.5, 0.6) is 0 Å². The Balaban J connectivity index is 1.32. The van der Waals surface area contributed by atoms with Gasteiger partial charge in [0.2, 0.25) is 5.91 Å². The molecule has 0 aromatic heterocycles. The first-order chi connectivity index (χ1) is 15.0. The van der Waals surface area contributed by atoms with E-state index in [0.29, 0.717) is 37.3 Å². The second-order valence-corrected chi connectivity index (χ2v) is 8.31. The number of carbonyl (C=O) groups excluding carboxylic acids is 3. The van der Waals surface area contributed by atoms with E-state index in [9.17, 15) is 14.4 Å². The van der Waals surface area contributed by atoms with E-state index in [-0.39, 0.29) is 24.3 Å². The van der Waals surface area contributed by atoms with E-state index in [1.165, 1.54) is 0 Å². The van der Waals surface area contributed by atoms with Crippen molar-refractivity contribution in [2.24, 2.45) is 0 Å². The monoisotopic (exact) mass is 479 g/mol. The summed E-state index contributed by atoms with van der Waals surface area (Å²) < 4.78 is 0.804. The summed E-state index contributed by atoms with van der Waals surface area (Å²) in [5.41, 5.74) is 1.17. The number of rotatable bonds is 4. The number of carbonyl (C=O) groups is 3. The fraction of sp³-hybridized carbons (Fsp3) is 0.208. The fourth-order valence-corrected chi connectivity index (χ4v) is 4.14. The van der Waals surface area contributed by atoms with Crippen molar-refractivity contribution in [3.05, 3.63) is 82.3 Å². The molecule has 0 spiro atoms. The normalized spacial score (nSPS) is 13.8. The highest BCUT2D eigenvalue weighted by Gasteiger charge is 2.25. The molecule has 1 saturated heterocycles. The Kier molecular flexibility index (Phi) is 6.32. The van der Waals surface area contributed by atoms with Gasteiger partial charge in [-0.3, -0.25) is 14.4 Å². The minimum absolute atomic E-state index is 0.0214. The molecular weight excluding hydrogens is 458 g/mol. The fourth-order valence-electron chi connectivity index (χ4n) is 3.74. The van der Waals surface area contributed by atoms with Crippen LogP contribution < -0.4 is 5.32 Å². The number of nitrogens with one attached hydrogen (secondary N) is 1. The summed E-state index contributed by atoms with van der Waals surface area (Å²) in [7, 11) is 0.